The second kappa shape index (κ2) is 46.7. The number of quaternary nitrogens is 1. The van der Waals surface area contributed by atoms with Gasteiger partial charge in [-0.25, -0.2) is 0 Å². The molecule has 0 saturated carbocycles. The molecule has 0 rings (SSSR count). The number of amides is 1. The summed E-state index contributed by atoms with van der Waals surface area (Å²) >= 11 is 0. The molecule has 0 aliphatic rings. The molecule has 0 radical (unpaired) electrons. The van der Waals surface area contributed by atoms with Gasteiger partial charge in [0.15, 0.2) is 0 Å². The maximum atomic E-state index is 12.9. The fourth-order valence-corrected chi connectivity index (χ4v) is 7.04. The second-order valence-electron chi connectivity index (χ2n) is 17.8. The van der Waals surface area contributed by atoms with E-state index in [1.165, 1.54) is 32.1 Å². The molecular weight excluding hydrogens is 840 g/mol. The molecule has 1 amide bonds. The third-order valence-corrected chi connectivity index (χ3v) is 11.3. The molecule has 0 bridgehead atoms. The van der Waals surface area contributed by atoms with E-state index in [4.69, 9.17) is 9.05 Å². The number of phosphoric ester groups is 1. The predicted octanol–water partition coefficient (Wildman–Crippen LogP) is 14.6. The van der Waals surface area contributed by atoms with Gasteiger partial charge >= 0.3 is 0 Å². The van der Waals surface area contributed by atoms with Crippen molar-refractivity contribution >= 4 is 13.7 Å². The number of allylic oxidation sites excluding steroid dienone is 21. The SMILES string of the molecule is CC/C=C\C/C=C\C/C=C\C/C=C\C/C=C\C/C=C\C/C=C\C/C=C\CCCCCCC(=O)NC(COP(=O)([O-])OCC[N+](C)(C)C)C(O)/C=C/CC/C=C/CC/C=C/CCCCCCC. The molecule has 0 spiro atoms. The van der Waals surface area contributed by atoms with Gasteiger partial charge in [-0.1, -0.05) is 186 Å². The number of aliphatic hydroxyl groups excluding tert-OH is 1. The summed E-state index contributed by atoms with van der Waals surface area (Å²) in [4.78, 5) is 25.4. The van der Waals surface area contributed by atoms with Gasteiger partial charge in [-0.3, -0.25) is 9.36 Å². The Kier molecular flexibility index (Phi) is 44.4. The van der Waals surface area contributed by atoms with Crippen molar-refractivity contribution in [2.75, 3.05) is 40.9 Å². The molecule has 374 valence electrons. The topological polar surface area (TPSA) is 108 Å². The Balaban J connectivity index is 4.42. The molecule has 2 N–H and O–H groups in total. The summed E-state index contributed by atoms with van der Waals surface area (Å²) in [6.07, 6.45) is 70.8. The van der Waals surface area contributed by atoms with Gasteiger partial charge in [-0.05, 0) is 109 Å². The van der Waals surface area contributed by atoms with Crippen LogP contribution in [0.4, 0.5) is 0 Å². The van der Waals surface area contributed by atoms with Crippen molar-refractivity contribution in [2.45, 2.75) is 180 Å². The molecule has 0 aromatic rings. The highest BCUT2D eigenvalue weighted by Crippen LogP contribution is 2.38. The number of carbonyl (C=O) groups is 1. The predicted molar refractivity (Wildman–Crippen MR) is 283 cm³/mol. The first-order valence-corrected chi connectivity index (χ1v) is 27.0. The Morgan fingerprint density at radius 1 is 0.545 bits per heavy atom. The summed E-state index contributed by atoms with van der Waals surface area (Å²) in [5.41, 5.74) is 0. The van der Waals surface area contributed by atoms with Crippen molar-refractivity contribution in [1.29, 1.82) is 0 Å². The molecule has 8 nitrogen and oxygen atoms in total. The highest BCUT2D eigenvalue weighted by molar-refractivity contribution is 7.45. The molecule has 0 aliphatic heterocycles. The minimum absolute atomic E-state index is 0.0226. The average Bonchev–Trinajstić information content (AvgIpc) is 3.28. The van der Waals surface area contributed by atoms with Crippen LogP contribution in [0.1, 0.15) is 168 Å². The molecule has 0 aliphatic carbocycles. The van der Waals surface area contributed by atoms with E-state index in [2.05, 4.69) is 141 Å². The maximum absolute atomic E-state index is 12.9. The fraction of sp³-hybridized carbons (Fsp3) is 0.596. The second-order valence-corrected chi connectivity index (χ2v) is 19.2. The van der Waals surface area contributed by atoms with Crippen LogP contribution >= 0.6 is 7.82 Å². The summed E-state index contributed by atoms with van der Waals surface area (Å²) in [7, 11) is 1.19. The van der Waals surface area contributed by atoms with Crippen LogP contribution in [0, 0.1) is 0 Å². The van der Waals surface area contributed by atoms with Crippen molar-refractivity contribution < 1.29 is 32.9 Å². The van der Waals surface area contributed by atoms with Crippen LogP contribution < -0.4 is 10.2 Å². The number of hydrogen-bond acceptors (Lipinski definition) is 6. The van der Waals surface area contributed by atoms with Crippen molar-refractivity contribution in [3.8, 4) is 0 Å². The normalized spacial score (nSPS) is 15.2. The van der Waals surface area contributed by atoms with E-state index in [0.29, 0.717) is 23.9 Å². The average molecular weight is 935 g/mol. The summed E-state index contributed by atoms with van der Waals surface area (Å²) in [5, 5.41) is 13.8. The number of hydrogen-bond donors (Lipinski definition) is 2. The minimum Gasteiger partial charge on any atom is -0.756 e. The summed E-state index contributed by atoms with van der Waals surface area (Å²) < 4.78 is 23.2. The van der Waals surface area contributed by atoms with Gasteiger partial charge in [0.05, 0.1) is 39.9 Å². The van der Waals surface area contributed by atoms with Crippen molar-refractivity contribution in [2.24, 2.45) is 0 Å². The molecule has 0 saturated heterocycles. The molecule has 0 heterocycles. The number of aliphatic hydroxyl groups is 1. The summed E-state index contributed by atoms with van der Waals surface area (Å²) in [5.74, 6) is -0.244. The number of likely N-dealkylation sites (N-methyl/N-ethyl adjacent to an activating group) is 1. The van der Waals surface area contributed by atoms with Crippen LogP contribution in [0.5, 0.6) is 0 Å². The number of nitrogens with one attached hydrogen (secondary N) is 1. The molecular formula is C57H95N2O6P. The van der Waals surface area contributed by atoms with Gasteiger partial charge in [0.1, 0.15) is 13.2 Å². The Bertz CT molecular complexity index is 1530. The Morgan fingerprint density at radius 2 is 0.939 bits per heavy atom. The Labute approximate surface area is 405 Å². The van der Waals surface area contributed by atoms with Gasteiger partial charge < -0.3 is 28.8 Å². The van der Waals surface area contributed by atoms with E-state index in [0.717, 1.165) is 103 Å². The monoisotopic (exact) mass is 935 g/mol. The van der Waals surface area contributed by atoms with Gasteiger partial charge in [-0.2, -0.15) is 0 Å². The van der Waals surface area contributed by atoms with Crippen LogP contribution in [-0.4, -0.2) is 68.5 Å². The van der Waals surface area contributed by atoms with Crippen molar-refractivity contribution in [3.63, 3.8) is 0 Å². The fourth-order valence-electron chi connectivity index (χ4n) is 6.31. The van der Waals surface area contributed by atoms with Crippen LogP contribution in [0.2, 0.25) is 0 Å². The van der Waals surface area contributed by atoms with Crippen molar-refractivity contribution in [3.05, 3.63) is 134 Å². The number of phosphoric acid groups is 1. The van der Waals surface area contributed by atoms with Gasteiger partial charge in [0, 0.05) is 6.42 Å². The lowest BCUT2D eigenvalue weighted by Crippen LogP contribution is -2.45. The van der Waals surface area contributed by atoms with E-state index >= 15 is 0 Å². The van der Waals surface area contributed by atoms with Crippen molar-refractivity contribution in [1.82, 2.24) is 5.32 Å². The van der Waals surface area contributed by atoms with Gasteiger partial charge in [0.2, 0.25) is 5.91 Å². The van der Waals surface area contributed by atoms with E-state index in [1.807, 2.05) is 27.2 Å². The van der Waals surface area contributed by atoms with E-state index in [9.17, 15) is 19.4 Å². The maximum Gasteiger partial charge on any atom is 0.268 e. The zero-order valence-corrected chi connectivity index (χ0v) is 43.2. The van der Waals surface area contributed by atoms with Crippen LogP contribution in [-0.2, 0) is 18.4 Å². The molecule has 66 heavy (non-hydrogen) atoms. The lowest BCUT2D eigenvalue weighted by Gasteiger charge is -2.29. The quantitative estimate of drug-likeness (QED) is 0.0273. The number of carbonyl (C=O) groups excluding carboxylic acids is 1. The van der Waals surface area contributed by atoms with Gasteiger partial charge in [-0.15, -0.1) is 0 Å². The number of unbranched alkanes of at least 4 members (excludes halogenated alkanes) is 11. The Morgan fingerprint density at radius 3 is 1.39 bits per heavy atom. The lowest BCUT2D eigenvalue weighted by atomic mass is 10.1. The molecule has 3 unspecified atom stereocenters. The lowest BCUT2D eigenvalue weighted by molar-refractivity contribution is -0.870. The minimum atomic E-state index is -4.62. The van der Waals surface area contributed by atoms with E-state index in [-0.39, 0.29) is 18.9 Å². The highest BCUT2D eigenvalue weighted by Gasteiger charge is 2.23. The molecule has 0 aromatic heterocycles. The zero-order chi connectivity index (χ0) is 48.5. The first-order chi connectivity index (χ1) is 32.0. The van der Waals surface area contributed by atoms with E-state index in [1.54, 1.807) is 6.08 Å². The summed E-state index contributed by atoms with van der Waals surface area (Å²) in [6, 6.07) is -0.934. The first kappa shape index (κ1) is 62.6. The Hall–Kier alpha value is -3.36. The zero-order valence-electron chi connectivity index (χ0n) is 42.3. The van der Waals surface area contributed by atoms with Gasteiger partial charge in [0.25, 0.3) is 7.82 Å². The third-order valence-electron chi connectivity index (χ3n) is 10.3. The number of rotatable bonds is 44. The first-order valence-electron chi connectivity index (χ1n) is 25.5. The third kappa shape index (κ3) is 48.6. The van der Waals surface area contributed by atoms with Crippen LogP contribution in [0.15, 0.2) is 134 Å². The largest absolute Gasteiger partial charge is 0.756 e. The van der Waals surface area contributed by atoms with E-state index < -0.39 is 26.6 Å². The van der Waals surface area contributed by atoms with Crippen LogP contribution in [0.3, 0.4) is 0 Å². The number of nitrogens with zero attached hydrogens (tertiary/aromatic N) is 1. The molecule has 9 heteroatoms. The molecule has 3 atom stereocenters. The smallest absolute Gasteiger partial charge is 0.268 e. The van der Waals surface area contributed by atoms with Crippen LogP contribution in [0.25, 0.3) is 0 Å². The summed E-state index contributed by atoms with van der Waals surface area (Å²) in [6.45, 7) is 4.43. The standard InChI is InChI=1S/C57H95N2O6P/c1-6-8-10-12-14-16-18-20-22-23-24-25-26-27-28-29-30-31-32-33-34-35-37-39-41-43-45-47-49-51-57(61)58-55(54-65-66(62,63)64-53-52-59(3,4)5)56(60)50-48-46-44-42-40-38-36-21-19-17-15-13-11-9-7-2/h8,10,14,16,19-22,24-25,27-28,30-31,33-34,37,39-40,42,48,50,55-56,60H,6-7,9,11-13,15,17-18,23,26,29,32,35-36,38,41,43-47,49,51-54H2,1-5H3,(H-,58,61,62,63)/b10-8-,16-14-,21-19+,22-20-,25-24-,28-27-,31-30-,34-33-,39-37-,42-40+,50-48+. The molecule has 0 fully saturated rings. The molecule has 0 aromatic carbocycles. The highest BCUT2D eigenvalue weighted by atomic mass is 31.2.